The second-order valence-corrected chi connectivity index (χ2v) is 6.72. The summed E-state index contributed by atoms with van der Waals surface area (Å²) in [6, 6.07) is 7.25. The van der Waals surface area contributed by atoms with Crippen molar-refractivity contribution in [3.05, 3.63) is 47.8 Å². The molecule has 0 aliphatic heterocycles. The lowest BCUT2D eigenvalue weighted by Gasteiger charge is -2.08. The Balaban J connectivity index is 1.68. The van der Waals surface area contributed by atoms with Gasteiger partial charge in [-0.15, -0.1) is 0 Å². The van der Waals surface area contributed by atoms with Crippen molar-refractivity contribution in [1.82, 2.24) is 14.5 Å². The van der Waals surface area contributed by atoms with Gasteiger partial charge >= 0.3 is 0 Å². The quantitative estimate of drug-likeness (QED) is 0.904. The van der Waals surface area contributed by atoms with Crippen molar-refractivity contribution in [1.29, 1.82) is 0 Å². The zero-order valence-corrected chi connectivity index (χ0v) is 11.9. The number of hydrogen-bond acceptors (Lipinski definition) is 3. The summed E-state index contributed by atoms with van der Waals surface area (Å²) in [6.07, 6.45) is 6.64. The minimum Gasteiger partial charge on any atom is -0.271 e. The van der Waals surface area contributed by atoms with Gasteiger partial charge in [0.1, 0.15) is 0 Å². The van der Waals surface area contributed by atoms with Crippen LogP contribution in [0.1, 0.15) is 17.5 Å². The predicted molar refractivity (Wildman–Crippen MR) is 75.9 cm³/mol. The zero-order valence-electron chi connectivity index (χ0n) is 11.1. The Morgan fingerprint density at radius 3 is 2.90 bits per heavy atom. The highest BCUT2D eigenvalue weighted by molar-refractivity contribution is 7.89. The van der Waals surface area contributed by atoms with Crippen LogP contribution in [0.25, 0.3) is 0 Å². The van der Waals surface area contributed by atoms with Gasteiger partial charge in [0, 0.05) is 18.9 Å². The molecule has 1 heterocycles. The van der Waals surface area contributed by atoms with Gasteiger partial charge in [-0.3, -0.25) is 4.68 Å². The maximum absolute atomic E-state index is 12.2. The number of benzene rings is 1. The molecule has 0 atom stereocenters. The molecule has 0 bridgehead atoms. The van der Waals surface area contributed by atoms with Crippen LogP contribution >= 0.6 is 0 Å². The molecule has 1 aromatic carbocycles. The van der Waals surface area contributed by atoms with Crippen LogP contribution in [-0.4, -0.2) is 24.7 Å². The van der Waals surface area contributed by atoms with Gasteiger partial charge < -0.3 is 0 Å². The topological polar surface area (TPSA) is 64.0 Å². The maximum Gasteiger partial charge on any atom is 0.240 e. The van der Waals surface area contributed by atoms with Crippen LogP contribution < -0.4 is 4.72 Å². The Morgan fingerprint density at radius 1 is 1.25 bits per heavy atom. The lowest BCUT2D eigenvalue weighted by molar-refractivity contribution is 0.561. The van der Waals surface area contributed by atoms with Gasteiger partial charge in [0.25, 0.3) is 0 Å². The molecule has 1 aromatic heterocycles. The third-order valence-electron chi connectivity index (χ3n) is 3.57. The number of sulfonamides is 1. The molecule has 0 unspecified atom stereocenters. The van der Waals surface area contributed by atoms with Gasteiger partial charge in [-0.25, -0.2) is 13.1 Å². The van der Waals surface area contributed by atoms with E-state index in [-0.39, 0.29) is 0 Å². The Hall–Kier alpha value is -1.66. The molecule has 0 saturated heterocycles. The van der Waals surface area contributed by atoms with Crippen molar-refractivity contribution in [2.24, 2.45) is 0 Å². The summed E-state index contributed by atoms with van der Waals surface area (Å²) < 4.78 is 28.8. The molecule has 6 heteroatoms. The van der Waals surface area contributed by atoms with E-state index in [9.17, 15) is 8.42 Å². The molecule has 0 fully saturated rings. The highest BCUT2D eigenvalue weighted by Crippen LogP contribution is 2.24. The minimum atomic E-state index is -3.43. The third kappa shape index (κ3) is 2.76. The molecule has 1 N–H and O–H groups in total. The average Bonchev–Trinajstić information content (AvgIpc) is 3.08. The van der Waals surface area contributed by atoms with Crippen LogP contribution in [0.15, 0.2) is 41.6 Å². The van der Waals surface area contributed by atoms with Crippen molar-refractivity contribution in [2.45, 2.75) is 30.7 Å². The molecule has 1 aliphatic rings. The number of fused-ring (bicyclic) bond motifs is 1. The first kappa shape index (κ1) is 13.3. The number of nitrogens with zero attached hydrogens (tertiary/aromatic N) is 2. The van der Waals surface area contributed by atoms with E-state index in [1.807, 2.05) is 18.3 Å². The first-order valence-electron chi connectivity index (χ1n) is 6.74. The number of nitrogens with one attached hydrogen (secondary N) is 1. The molecular formula is C14H17N3O2S. The van der Waals surface area contributed by atoms with Gasteiger partial charge in [0.2, 0.25) is 10.0 Å². The smallest absolute Gasteiger partial charge is 0.240 e. The van der Waals surface area contributed by atoms with Crippen LogP contribution in [0, 0.1) is 0 Å². The number of hydrogen-bond donors (Lipinski definition) is 1. The van der Waals surface area contributed by atoms with Crippen molar-refractivity contribution < 1.29 is 8.42 Å². The fraction of sp³-hybridized carbons (Fsp3) is 0.357. The summed E-state index contributed by atoms with van der Waals surface area (Å²) in [5.41, 5.74) is 2.44. The normalized spacial score (nSPS) is 14.4. The SMILES string of the molecule is O=S(=O)(NCCn1cccn1)c1ccc2c(c1)CCC2. The van der Waals surface area contributed by atoms with Gasteiger partial charge in [0.15, 0.2) is 0 Å². The summed E-state index contributed by atoms with van der Waals surface area (Å²) in [5, 5.41) is 4.04. The second kappa shape index (κ2) is 5.38. The van der Waals surface area contributed by atoms with Gasteiger partial charge in [-0.2, -0.15) is 5.10 Å². The van der Waals surface area contributed by atoms with Gasteiger partial charge in [-0.1, -0.05) is 6.07 Å². The van der Waals surface area contributed by atoms with Crippen LogP contribution in [0.4, 0.5) is 0 Å². The summed E-state index contributed by atoms with van der Waals surface area (Å²) in [6.45, 7) is 0.859. The average molecular weight is 291 g/mol. The lowest BCUT2D eigenvalue weighted by Crippen LogP contribution is -2.27. The van der Waals surface area contributed by atoms with Crippen molar-refractivity contribution in [3.8, 4) is 0 Å². The molecule has 20 heavy (non-hydrogen) atoms. The molecule has 3 rings (SSSR count). The molecule has 0 saturated carbocycles. The second-order valence-electron chi connectivity index (χ2n) is 4.95. The summed E-state index contributed by atoms with van der Waals surface area (Å²) in [5.74, 6) is 0. The Morgan fingerprint density at radius 2 is 2.10 bits per heavy atom. The zero-order chi connectivity index (χ0) is 14.0. The van der Waals surface area contributed by atoms with E-state index < -0.39 is 10.0 Å². The Kier molecular flexibility index (Phi) is 3.58. The predicted octanol–water partition coefficient (Wildman–Crippen LogP) is 1.35. The fourth-order valence-electron chi connectivity index (χ4n) is 2.53. The van der Waals surface area contributed by atoms with E-state index in [1.165, 1.54) is 11.1 Å². The minimum absolute atomic E-state index is 0.334. The van der Waals surface area contributed by atoms with Crippen molar-refractivity contribution in [2.75, 3.05) is 6.54 Å². The number of rotatable bonds is 5. The molecule has 2 aromatic rings. The molecule has 0 radical (unpaired) electrons. The Labute approximate surface area is 118 Å². The van der Waals surface area contributed by atoms with Crippen LogP contribution in [0.5, 0.6) is 0 Å². The molecule has 1 aliphatic carbocycles. The number of aromatic nitrogens is 2. The fourth-order valence-corrected chi connectivity index (χ4v) is 3.60. The van der Waals surface area contributed by atoms with Gasteiger partial charge in [-0.05, 0) is 48.6 Å². The third-order valence-corrected chi connectivity index (χ3v) is 5.03. The van der Waals surface area contributed by atoms with Gasteiger partial charge in [0.05, 0.1) is 11.4 Å². The highest BCUT2D eigenvalue weighted by Gasteiger charge is 2.17. The van der Waals surface area contributed by atoms with Crippen molar-refractivity contribution >= 4 is 10.0 Å². The molecule has 5 nitrogen and oxygen atoms in total. The van der Waals surface area contributed by atoms with E-state index >= 15 is 0 Å². The largest absolute Gasteiger partial charge is 0.271 e. The monoisotopic (exact) mass is 291 g/mol. The van der Waals surface area contributed by atoms with E-state index in [0.29, 0.717) is 18.0 Å². The maximum atomic E-state index is 12.2. The summed E-state index contributed by atoms with van der Waals surface area (Å²) >= 11 is 0. The first-order valence-corrected chi connectivity index (χ1v) is 8.22. The van der Waals surface area contributed by atoms with Crippen molar-refractivity contribution in [3.63, 3.8) is 0 Å². The highest BCUT2D eigenvalue weighted by atomic mass is 32.2. The van der Waals surface area contributed by atoms with E-state index in [2.05, 4.69) is 9.82 Å². The Bertz CT molecular complexity index is 693. The van der Waals surface area contributed by atoms with E-state index in [4.69, 9.17) is 0 Å². The molecule has 0 amide bonds. The first-order chi connectivity index (χ1) is 9.65. The van der Waals surface area contributed by atoms with Crippen LogP contribution in [0.3, 0.4) is 0 Å². The van der Waals surface area contributed by atoms with Crippen LogP contribution in [-0.2, 0) is 29.4 Å². The number of aryl methyl sites for hydroxylation is 2. The van der Waals surface area contributed by atoms with E-state index in [0.717, 1.165) is 19.3 Å². The summed E-state index contributed by atoms with van der Waals surface area (Å²) in [7, 11) is -3.43. The lowest BCUT2D eigenvalue weighted by atomic mass is 10.1. The standard InChI is InChI=1S/C14H17N3O2S/c18-20(19,16-8-10-17-9-2-7-15-17)14-6-5-12-3-1-4-13(12)11-14/h2,5-7,9,11,16H,1,3-4,8,10H2. The summed E-state index contributed by atoms with van der Waals surface area (Å²) in [4.78, 5) is 0.360. The molecule has 106 valence electrons. The van der Waals surface area contributed by atoms with E-state index in [1.54, 1.807) is 23.0 Å². The van der Waals surface area contributed by atoms with Crippen LogP contribution in [0.2, 0.25) is 0 Å². The molecular weight excluding hydrogens is 274 g/mol. The molecule has 0 spiro atoms.